The molecule has 2 saturated heterocycles. The molecule has 0 radical (unpaired) electrons. The van der Waals surface area contributed by atoms with Gasteiger partial charge in [0.2, 0.25) is 0 Å². The van der Waals surface area contributed by atoms with Crippen molar-refractivity contribution in [1.82, 2.24) is 9.80 Å². The highest BCUT2D eigenvalue weighted by Crippen LogP contribution is 2.38. The molecule has 2 aliphatic heterocycles. The number of ether oxygens (including phenoxy) is 4. The minimum Gasteiger partial charge on any atom is -0.463 e. The molecule has 12 heteroatoms. The van der Waals surface area contributed by atoms with Crippen LogP contribution in [-0.4, -0.2) is 144 Å². The fourth-order valence-electron chi connectivity index (χ4n) is 6.29. The molecule has 0 unspecified atom stereocenters. The summed E-state index contributed by atoms with van der Waals surface area (Å²) in [4.78, 5) is 31.0. The van der Waals surface area contributed by atoms with Gasteiger partial charge in [0.05, 0.1) is 30.5 Å². The van der Waals surface area contributed by atoms with Crippen LogP contribution in [0.1, 0.15) is 54.4 Å². The minimum atomic E-state index is -1.59. The molecule has 2 aliphatic rings. The van der Waals surface area contributed by atoms with Crippen LogP contribution in [0.3, 0.4) is 0 Å². The third-order valence-electron chi connectivity index (χ3n) is 8.90. The molecular formula is C29H54N2O10. The molecule has 0 bridgehead atoms. The lowest BCUT2D eigenvalue weighted by atomic mass is 9.74. The smallest absolute Gasteiger partial charge is 0.319 e. The number of rotatable bonds is 7. The third kappa shape index (κ3) is 8.24. The Labute approximate surface area is 244 Å². The maximum Gasteiger partial charge on any atom is 0.319 e. The van der Waals surface area contributed by atoms with E-state index in [0.29, 0.717) is 19.4 Å². The molecule has 240 valence electrons. The van der Waals surface area contributed by atoms with Gasteiger partial charge < -0.3 is 44.3 Å². The summed E-state index contributed by atoms with van der Waals surface area (Å²) in [6.45, 7) is 9.80. The van der Waals surface area contributed by atoms with E-state index < -0.39 is 72.0 Å². The predicted octanol–water partition coefficient (Wildman–Crippen LogP) is 0.0316. The van der Waals surface area contributed by atoms with E-state index in [1.165, 1.54) is 21.0 Å². The van der Waals surface area contributed by atoms with E-state index in [9.17, 15) is 30.0 Å². The lowest BCUT2D eigenvalue weighted by molar-refractivity contribution is -0.295. The molecule has 0 amide bonds. The molecule has 12 nitrogen and oxygen atoms in total. The Hall–Kier alpha value is -1.22. The van der Waals surface area contributed by atoms with Crippen LogP contribution in [0, 0.1) is 17.3 Å². The average molecular weight is 591 g/mol. The number of methoxy groups -OCH3 is 1. The molecule has 0 saturated carbocycles. The quantitative estimate of drug-likeness (QED) is 0.233. The molecule has 0 spiro atoms. The van der Waals surface area contributed by atoms with Crippen molar-refractivity contribution >= 4 is 11.8 Å². The maximum atomic E-state index is 14.0. The van der Waals surface area contributed by atoms with Crippen LogP contribution in [0.5, 0.6) is 0 Å². The van der Waals surface area contributed by atoms with Crippen LogP contribution in [0.4, 0.5) is 0 Å². The van der Waals surface area contributed by atoms with Crippen LogP contribution < -0.4 is 0 Å². The van der Waals surface area contributed by atoms with Crippen LogP contribution in [0.2, 0.25) is 0 Å². The monoisotopic (exact) mass is 590 g/mol. The van der Waals surface area contributed by atoms with Gasteiger partial charge in [0.25, 0.3) is 0 Å². The number of likely N-dealkylation sites (N-methyl/N-ethyl adjacent to an activating group) is 2. The zero-order valence-corrected chi connectivity index (χ0v) is 26.4. The van der Waals surface area contributed by atoms with Crippen molar-refractivity contribution in [1.29, 1.82) is 0 Å². The Balaban J connectivity index is 2.55. The molecule has 0 aromatic carbocycles. The minimum absolute atomic E-state index is 0.0885. The van der Waals surface area contributed by atoms with Gasteiger partial charge in [0.15, 0.2) is 12.1 Å². The first-order chi connectivity index (χ1) is 18.9. The Morgan fingerprint density at radius 1 is 1.15 bits per heavy atom. The molecule has 41 heavy (non-hydrogen) atoms. The van der Waals surface area contributed by atoms with E-state index in [-0.39, 0.29) is 24.7 Å². The van der Waals surface area contributed by atoms with E-state index in [2.05, 4.69) is 0 Å². The van der Waals surface area contributed by atoms with E-state index in [4.69, 9.17) is 18.9 Å². The summed E-state index contributed by atoms with van der Waals surface area (Å²) in [5.41, 5.74) is -2.65. The van der Waals surface area contributed by atoms with Gasteiger partial charge in [0, 0.05) is 25.6 Å². The second-order valence-corrected chi connectivity index (χ2v) is 13.1. The Kier molecular flexibility index (Phi) is 12.7. The van der Waals surface area contributed by atoms with Gasteiger partial charge in [-0.05, 0) is 67.6 Å². The van der Waals surface area contributed by atoms with Gasteiger partial charge >= 0.3 is 5.97 Å². The number of nitrogens with zero attached hydrogens (tertiary/aromatic N) is 2. The highest BCUT2D eigenvalue weighted by Gasteiger charge is 2.51. The number of aliphatic hydroxyl groups is 4. The highest BCUT2D eigenvalue weighted by molar-refractivity contribution is 6.04. The number of Topliss-reactive ketones (excluding diaryl/α,β-unsaturated/α-hetero) is 1. The molecule has 0 aromatic heterocycles. The first-order valence-electron chi connectivity index (χ1n) is 14.5. The zero-order chi connectivity index (χ0) is 31.4. The lowest BCUT2D eigenvalue weighted by Gasteiger charge is -2.47. The second-order valence-electron chi connectivity index (χ2n) is 13.1. The Bertz CT molecular complexity index is 873. The number of aliphatic hydroxyl groups excluding tert-OH is 4. The first-order valence-corrected chi connectivity index (χ1v) is 14.5. The topological polar surface area (TPSA) is 158 Å². The van der Waals surface area contributed by atoms with Crippen molar-refractivity contribution in [2.45, 2.75) is 109 Å². The summed E-state index contributed by atoms with van der Waals surface area (Å²) in [7, 11) is 7.02. The summed E-state index contributed by atoms with van der Waals surface area (Å²) in [6.07, 6.45) is -4.98. The standard InChI is InChI=1S/C29H54N2O10/c1-16-12-29(6,38-10)25(41-26-23(35)19(30(7)8)11-17(2)40-26)18(3)24(36)28(4,5)27(37)39-15-20(31(9)13-16)22(34)21(33)14-32/h16-23,25-26,32-35H,11-15H2,1-10H3/t16-,17-,18+,19+,20+,21+,22+,23-,25-,26+,29-/m1/s1. The van der Waals surface area contributed by atoms with Crippen molar-refractivity contribution in [2.24, 2.45) is 17.3 Å². The fourth-order valence-corrected chi connectivity index (χ4v) is 6.29. The predicted molar refractivity (Wildman–Crippen MR) is 151 cm³/mol. The Morgan fingerprint density at radius 3 is 2.29 bits per heavy atom. The Morgan fingerprint density at radius 2 is 1.76 bits per heavy atom. The SMILES string of the molecule is CO[C@]1(C)C[C@@H](C)CN(C)[C@H]([C@H](O)[C@@H](O)CO)COC(=O)C(C)(C)C(=O)[C@H](C)[C@H]1O[C@@H]1O[C@H](C)C[C@H](N(C)C)[C@H]1O. The van der Waals surface area contributed by atoms with Gasteiger partial charge in [-0.25, -0.2) is 0 Å². The van der Waals surface area contributed by atoms with Gasteiger partial charge in [-0.2, -0.15) is 0 Å². The van der Waals surface area contributed by atoms with Gasteiger partial charge in [-0.15, -0.1) is 0 Å². The molecule has 2 heterocycles. The number of carbonyl (C=O) groups excluding carboxylic acids is 2. The summed E-state index contributed by atoms with van der Waals surface area (Å²) in [5, 5.41) is 41.5. The van der Waals surface area contributed by atoms with Crippen LogP contribution in [-0.2, 0) is 28.5 Å². The van der Waals surface area contributed by atoms with Gasteiger partial charge in [-0.1, -0.05) is 13.8 Å². The molecule has 0 aromatic rings. The molecule has 2 fully saturated rings. The second kappa shape index (κ2) is 14.5. The summed E-state index contributed by atoms with van der Waals surface area (Å²) < 4.78 is 24.2. The fraction of sp³-hybridized carbons (Fsp3) is 0.931. The molecule has 11 atom stereocenters. The summed E-state index contributed by atoms with van der Waals surface area (Å²) in [6, 6.07) is -1.07. The van der Waals surface area contributed by atoms with Crippen molar-refractivity contribution < 1.29 is 49.0 Å². The number of carbonyl (C=O) groups is 2. The number of hydrogen-bond acceptors (Lipinski definition) is 12. The average Bonchev–Trinajstić information content (AvgIpc) is 2.90. The molecule has 4 N–H and O–H groups in total. The zero-order valence-electron chi connectivity index (χ0n) is 26.4. The van der Waals surface area contributed by atoms with Crippen molar-refractivity contribution in [3.63, 3.8) is 0 Å². The number of ketones is 1. The van der Waals surface area contributed by atoms with Crippen LogP contribution >= 0.6 is 0 Å². The lowest BCUT2D eigenvalue weighted by Crippen LogP contribution is -2.59. The van der Waals surface area contributed by atoms with Crippen molar-refractivity contribution in [3.8, 4) is 0 Å². The van der Waals surface area contributed by atoms with Gasteiger partial charge in [0.1, 0.15) is 30.3 Å². The third-order valence-corrected chi connectivity index (χ3v) is 8.90. The first kappa shape index (κ1) is 36.0. The molecule has 0 aliphatic carbocycles. The maximum absolute atomic E-state index is 14.0. The normalized spacial score (nSPS) is 39.8. The van der Waals surface area contributed by atoms with Crippen LogP contribution in [0.15, 0.2) is 0 Å². The van der Waals surface area contributed by atoms with E-state index in [1.807, 2.05) is 39.8 Å². The van der Waals surface area contributed by atoms with Crippen molar-refractivity contribution in [3.05, 3.63) is 0 Å². The van der Waals surface area contributed by atoms with Crippen LogP contribution in [0.25, 0.3) is 0 Å². The van der Waals surface area contributed by atoms with E-state index in [0.717, 1.165) is 0 Å². The highest BCUT2D eigenvalue weighted by atomic mass is 16.7. The van der Waals surface area contributed by atoms with Gasteiger partial charge in [-0.3, -0.25) is 14.5 Å². The number of hydrogen-bond donors (Lipinski definition) is 4. The van der Waals surface area contributed by atoms with E-state index >= 15 is 0 Å². The summed E-state index contributed by atoms with van der Waals surface area (Å²) in [5.74, 6) is -2.18. The summed E-state index contributed by atoms with van der Waals surface area (Å²) >= 11 is 0. The number of esters is 1. The van der Waals surface area contributed by atoms with Crippen molar-refractivity contribution in [2.75, 3.05) is 48.0 Å². The molecular weight excluding hydrogens is 536 g/mol. The van der Waals surface area contributed by atoms with E-state index in [1.54, 1.807) is 18.9 Å². The molecule has 2 rings (SSSR count). The number of cyclic esters (lactones) is 1. The largest absolute Gasteiger partial charge is 0.463 e.